The standard InChI is InChI=1S/C24H10N4/c1-25-19-13-18-16-9-6-12-28-22(16)20-15-8-5-4-7-14(15)10-11-17(20)21(18)24(27-3)23(19)26-2/h4-13H. The number of nitrogens with zero attached hydrogens (tertiary/aromatic N) is 4. The summed E-state index contributed by atoms with van der Waals surface area (Å²) in [7, 11) is 0. The number of hydrogen-bond donors (Lipinski definition) is 0. The van der Waals surface area contributed by atoms with Crippen LogP contribution in [0.4, 0.5) is 17.1 Å². The maximum absolute atomic E-state index is 7.75. The summed E-state index contributed by atoms with van der Waals surface area (Å²) in [6, 6.07) is 17.7. The maximum Gasteiger partial charge on any atom is 0.201 e. The van der Waals surface area contributed by atoms with Gasteiger partial charge in [-0.3, -0.25) is 19.5 Å². The number of rotatable bonds is 0. The first kappa shape index (κ1) is 15.8. The van der Waals surface area contributed by atoms with Gasteiger partial charge in [0.05, 0.1) is 25.2 Å². The second kappa shape index (κ2) is 5.78. The van der Waals surface area contributed by atoms with Gasteiger partial charge in [-0.25, -0.2) is 0 Å². The summed E-state index contributed by atoms with van der Waals surface area (Å²) < 4.78 is 0. The van der Waals surface area contributed by atoms with Crippen LogP contribution in [-0.2, 0) is 0 Å². The summed E-state index contributed by atoms with van der Waals surface area (Å²) in [5, 5.41) is 6.39. The summed E-state index contributed by atoms with van der Waals surface area (Å²) in [5.41, 5.74) is 1.41. The van der Waals surface area contributed by atoms with Gasteiger partial charge in [0.25, 0.3) is 0 Å². The molecule has 0 N–H and O–H groups in total. The highest BCUT2D eigenvalue weighted by atomic mass is 14.8. The summed E-state index contributed by atoms with van der Waals surface area (Å²) in [6.07, 6.45) is 1.76. The molecule has 28 heavy (non-hydrogen) atoms. The summed E-state index contributed by atoms with van der Waals surface area (Å²) in [5.74, 6) is 0. The van der Waals surface area contributed by atoms with Crippen molar-refractivity contribution in [3.8, 4) is 0 Å². The summed E-state index contributed by atoms with van der Waals surface area (Å²) >= 11 is 0. The largest absolute Gasteiger partial charge is 0.262 e. The highest BCUT2D eigenvalue weighted by Gasteiger charge is 2.20. The van der Waals surface area contributed by atoms with Crippen molar-refractivity contribution in [3.63, 3.8) is 0 Å². The molecule has 0 saturated heterocycles. The minimum atomic E-state index is 0.121. The molecule has 0 bridgehead atoms. The van der Waals surface area contributed by atoms with Crippen molar-refractivity contribution in [1.82, 2.24) is 4.98 Å². The van der Waals surface area contributed by atoms with Gasteiger partial charge < -0.3 is 0 Å². The van der Waals surface area contributed by atoms with Crippen LogP contribution in [0.15, 0.2) is 60.8 Å². The third kappa shape index (κ3) is 1.93. The SMILES string of the molecule is [C-]#[N+]c1cc2c3cccnc3c3c4ccccc4ccc3c2c([N+]#[C-])c1[N+]#[C-]. The molecule has 0 amide bonds. The molecular formula is C24H10N4. The normalized spacial score (nSPS) is 10.8. The molecule has 1 heterocycles. The monoisotopic (exact) mass is 354 g/mol. The minimum absolute atomic E-state index is 0.121. The highest BCUT2D eigenvalue weighted by Crippen LogP contribution is 2.49. The van der Waals surface area contributed by atoms with Crippen molar-refractivity contribution >= 4 is 60.3 Å². The van der Waals surface area contributed by atoms with Gasteiger partial charge >= 0.3 is 0 Å². The van der Waals surface area contributed by atoms with Crippen LogP contribution in [0.3, 0.4) is 0 Å². The Hall–Kier alpha value is -4.46. The smallest absolute Gasteiger partial charge is 0.201 e. The molecule has 0 aliphatic heterocycles. The lowest BCUT2D eigenvalue weighted by atomic mass is 9.92. The van der Waals surface area contributed by atoms with Crippen LogP contribution in [0.5, 0.6) is 0 Å². The Morgan fingerprint density at radius 1 is 0.643 bits per heavy atom. The van der Waals surface area contributed by atoms with Crippen LogP contribution in [0, 0.1) is 19.7 Å². The van der Waals surface area contributed by atoms with Crippen LogP contribution in [0.25, 0.3) is 57.8 Å². The fourth-order valence-electron chi connectivity index (χ4n) is 3.99. The number of aromatic nitrogens is 1. The van der Waals surface area contributed by atoms with E-state index in [1.807, 2.05) is 36.4 Å². The number of pyridine rings is 1. The first-order valence-corrected chi connectivity index (χ1v) is 8.59. The lowest BCUT2D eigenvalue weighted by Crippen LogP contribution is -1.88. The van der Waals surface area contributed by atoms with E-state index in [1.54, 1.807) is 12.3 Å². The van der Waals surface area contributed by atoms with E-state index < -0.39 is 0 Å². The lowest BCUT2D eigenvalue weighted by molar-refractivity contribution is 1.43. The second-order valence-corrected chi connectivity index (χ2v) is 6.46. The molecule has 0 unspecified atom stereocenters. The molecule has 0 aliphatic rings. The molecule has 4 heteroatoms. The van der Waals surface area contributed by atoms with Crippen LogP contribution in [-0.4, -0.2) is 4.98 Å². The quantitative estimate of drug-likeness (QED) is 0.211. The average molecular weight is 354 g/mol. The van der Waals surface area contributed by atoms with Crippen molar-refractivity contribution in [2.24, 2.45) is 0 Å². The van der Waals surface area contributed by atoms with Gasteiger partial charge in [-0.15, -0.1) is 0 Å². The van der Waals surface area contributed by atoms with Crippen molar-refractivity contribution in [2.75, 3.05) is 0 Å². The molecule has 126 valence electrons. The molecule has 0 atom stereocenters. The molecule has 5 aromatic rings. The minimum Gasteiger partial charge on any atom is -0.262 e. The topological polar surface area (TPSA) is 26.0 Å². The fourth-order valence-corrected chi connectivity index (χ4v) is 3.99. The van der Waals surface area contributed by atoms with E-state index in [0.717, 1.165) is 43.2 Å². The molecule has 0 radical (unpaired) electrons. The van der Waals surface area contributed by atoms with E-state index >= 15 is 0 Å². The number of hydrogen-bond acceptors (Lipinski definition) is 1. The third-order valence-electron chi connectivity index (χ3n) is 5.13. The first-order valence-electron chi connectivity index (χ1n) is 8.59. The zero-order chi connectivity index (χ0) is 19.3. The van der Waals surface area contributed by atoms with Gasteiger partial charge in [-0.2, -0.15) is 0 Å². The van der Waals surface area contributed by atoms with Crippen molar-refractivity contribution in [2.45, 2.75) is 0 Å². The zero-order valence-electron chi connectivity index (χ0n) is 14.6. The highest BCUT2D eigenvalue weighted by molar-refractivity contribution is 6.34. The van der Waals surface area contributed by atoms with Gasteiger partial charge in [0.1, 0.15) is 0 Å². The lowest BCUT2D eigenvalue weighted by Gasteiger charge is -2.14. The predicted molar refractivity (Wildman–Crippen MR) is 113 cm³/mol. The molecular weight excluding hydrogens is 344 g/mol. The predicted octanol–water partition coefficient (Wildman–Crippen LogP) is 7.35. The van der Waals surface area contributed by atoms with E-state index in [1.165, 1.54) is 0 Å². The summed E-state index contributed by atoms with van der Waals surface area (Å²) in [6.45, 7) is 22.8. The number of benzene rings is 4. The van der Waals surface area contributed by atoms with Crippen LogP contribution in [0.1, 0.15) is 0 Å². The van der Waals surface area contributed by atoms with E-state index in [-0.39, 0.29) is 17.1 Å². The molecule has 0 fully saturated rings. The maximum atomic E-state index is 7.75. The zero-order valence-corrected chi connectivity index (χ0v) is 14.6. The Balaban J connectivity index is 2.24. The van der Waals surface area contributed by atoms with Crippen LogP contribution in [0.2, 0.25) is 0 Å². The fraction of sp³-hybridized carbons (Fsp3) is 0. The van der Waals surface area contributed by atoms with Gasteiger partial charge in [0, 0.05) is 17.0 Å². The van der Waals surface area contributed by atoms with E-state index in [9.17, 15) is 0 Å². The molecule has 5 rings (SSSR count). The summed E-state index contributed by atoms with van der Waals surface area (Å²) in [4.78, 5) is 15.4. The first-order chi connectivity index (χ1) is 13.8. The van der Waals surface area contributed by atoms with Crippen molar-refractivity contribution in [1.29, 1.82) is 0 Å². The Bertz CT molecular complexity index is 1590. The van der Waals surface area contributed by atoms with Crippen LogP contribution >= 0.6 is 0 Å². The molecule has 0 spiro atoms. The Morgan fingerprint density at radius 2 is 1.43 bits per heavy atom. The van der Waals surface area contributed by atoms with Crippen LogP contribution < -0.4 is 0 Å². The molecule has 4 aromatic carbocycles. The van der Waals surface area contributed by atoms with Gasteiger partial charge in [-0.1, -0.05) is 48.5 Å². The molecule has 1 aromatic heterocycles. The average Bonchev–Trinajstić information content (AvgIpc) is 2.77. The van der Waals surface area contributed by atoms with Crippen molar-refractivity contribution < 1.29 is 0 Å². The molecule has 0 aliphatic carbocycles. The van der Waals surface area contributed by atoms with E-state index in [4.69, 9.17) is 19.7 Å². The Morgan fingerprint density at radius 3 is 2.21 bits per heavy atom. The third-order valence-corrected chi connectivity index (χ3v) is 5.13. The molecule has 4 nitrogen and oxygen atoms in total. The van der Waals surface area contributed by atoms with Gasteiger partial charge in [0.2, 0.25) is 5.69 Å². The Kier molecular flexibility index (Phi) is 3.25. The van der Waals surface area contributed by atoms with Gasteiger partial charge in [0.15, 0.2) is 11.4 Å². The van der Waals surface area contributed by atoms with E-state index in [0.29, 0.717) is 0 Å². The van der Waals surface area contributed by atoms with Gasteiger partial charge in [-0.05, 0) is 33.0 Å². The Labute approximate surface area is 160 Å². The molecule has 0 saturated carbocycles. The van der Waals surface area contributed by atoms with E-state index in [2.05, 4.69) is 31.7 Å². The van der Waals surface area contributed by atoms with Crippen molar-refractivity contribution in [3.05, 3.63) is 95.0 Å². The number of fused-ring (bicyclic) bond motifs is 8. The second-order valence-electron chi connectivity index (χ2n) is 6.46.